The van der Waals surface area contributed by atoms with Gasteiger partial charge in [-0.1, -0.05) is 54.6 Å². The van der Waals surface area contributed by atoms with Gasteiger partial charge in [0.25, 0.3) is 5.90 Å². The van der Waals surface area contributed by atoms with Crippen molar-refractivity contribution in [1.82, 2.24) is 0 Å². The average Bonchev–Trinajstić information content (AvgIpc) is 3.23. The van der Waals surface area contributed by atoms with E-state index in [1.54, 1.807) is 12.2 Å². The fourth-order valence-corrected chi connectivity index (χ4v) is 3.37. The Morgan fingerprint density at radius 1 is 1.15 bits per heavy atom. The van der Waals surface area contributed by atoms with Gasteiger partial charge in [0.05, 0.1) is 12.5 Å². The van der Waals surface area contributed by atoms with Gasteiger partial charge in [-0.15, -0.1) is 0 Å². The maximum absolute atomic E-state index is 12.9. The Morgan fingerprint density at radius 2 is 1.96 bits per heavy atom. The van der Waals surface area contributed by atoms with Crippen molar-refractivity contribution >= 4 is 28.2 Å². The summed E-state index contributed by atoms with van der Waals surface area (Å²) in [5.41, 5.74) is 2.19. The van der Waals surface area contributed by atoms with Crippen LogP contribution in [0.2, 0.25) is 0 Å². The molecule has 0 aromatic heterocycles. The summed E-state index contributed by atoms with van der Waals surface area (Å²) < 4.78 is 5.32. The van der Waals surface area contributed by atoms with E-state index in [9.17, 15) is 9.59 Å². The molecule has 27 heavy (non-hydrogen) atoms. The number of Topliss-reactive ketones (excluding diaryl/α,β-unsaturated/α-hetero) is 1. The van der Waals surface area contributed by atoms with E-state index < -0.39 is 5.92 Å². The lowest BCUT2D eigenvalue weighted by atomic mass is 9.84. The molecule has 134 valence electrons. The summed E-state index contributed by atoms with van der Waals surface area (Å²) in [6.45, 7) is 2.84. The van der Waals surface area contributed by atoms with Gasteiger partial charge in [0, 0.05) is 5.56 Å². The van der Waals surface area contributed by atoms with Crippen molar-refractivity contribution in [3.8, 4) is 0 Å². The minimum absolute atomic E-state index is 0.120. The van der Waals surface area contributed by atoms with Crippen molar-refractivity contribution in [2.75, 3.05) is 13.2 Å². The number of rotatable bonds is 4. The van der Waals surface area contributed by atoms with Crippen LogP contribution in [-0.4, -0.2) is 30.6 Å². The average molecular weight is 357 g/mol. The molecule has 1 aliphatic heterocycles. The predicted octanol–water partition coefficient (Wildman–Crippen LogP) is 4.08. The van der Waals surface area contributed by atoms with E-state index in [4.69, 9.17) is 4.74 Å². The Bertz CT molecular complexity index is 1060. The molecule has 1 atom stereocenters. The van der Waals surface area contributed by atoms with Crippen molar-refractivity contribution in [3.05, 3.63) is 83.5 Å². The fraction of sp³-hybridized carbons (Fsp3) is 0.174. The molecule has 0 amide bonds. The zero-order valence-electron chi connectivity index (χ0n) is 15.0. The lowest BCUT2D eigenvalue weighted by Crippen LogP contribution is -2.26. The Hall–Kier alpha value is -3.27. The Morgan fingerprint density at radius 3 is 2.74 bits per heavy atom. The van der Waals surface area contributed by atoms with Crippen LogP contribution in [0.25, 0.3) is 10.8 Å². The number of carbonyl (C=O) groups is 2. The molecule has 0 saturated carbocycles. The minimum Gasteiger partial charge on any atom is -0.473 e. The first kappa shape index (κ1) is 17.2. The summed E-state index contributed by atoms with van der Waals surface area (Å²) in [4.78, 5) is 29.8. The Kier molecular flexibility index (Phi) is 4.55. The standard InChI is InChI=1S/C23H19NO3/c1-15-5-4-8-19(22(26)23-24-11-12-27-23)20(15)14-21(25)18-10-9-16-6-2-3-7-17(16)13-18/h2-10,13-14,19H,11-12H2,1H3. The van der Waals surface area contributed by atoms with Gasteiger partial charge in [0.2, 0.25) is 5.78 Å². The van der Waals surface area contributed by atoms with E-state index in [2.05, 4.69) is 4.99 Å². The highest BCUT2D eigenvalue weighted by molar-refractivity contribution is 6.38. The quantitative estimate of drug-likeness (QED) is 0.612. The number of hydrogen-bond acceptors (Lipinski definition) is 4. The first-order chi connectivity index (χ1) is 13.1. The number of ketones is 2. The SMILES string of the molecule is CC1=CC=CC(C(=O)C2=NCCO2)C1=CC(=O)c1ccc2ccccc2c1. The first-order valence-corrected chi connectivity index (χ1v) is 8.95. The summed E-state index contributed by atoms with van der Waals surface area (Å²) in [5.74, 6) is -0.709. The Balaban J connectivity index is 1.68. The molecule has 0 bridgehead atoms. The predicted molar refractivity (Wildman–Crippen MR) is 106 cm³/mol. The highest BCUT2D eigenvalue weighted by atomic mass is 16.5. The maximum Gasteiger partial charge on any atom is 0.254 e. The molecule has 0 radical (unpaired) electrons. The number of benzene rings is 2. The van der Waals surface area contributed by atoms with Gasteiger partial charge in [-0.25, -0.2) is 4.99 Å². The molecule has 1 aliphatic carbocycles. The minimum atomic E-state index is -0.545. The second-order valence-electron chi connectivity index (χ2n) is 6.64. The van der Waals surface area contributed by atoms with Crippen LogP contribution >= 0.6 is 0 Å². The molecule has 4 heteroatoms. The summed E-state index contributed by atoms with van der Waals surface area (Å²) >= 11 is 0. The van der Waals surface area contributed by atoms with Gasteiger partial charge in [0.15, 0.2) is 5.78 Å². The smallest absolute Gasteiger partial charge is 0.254 e. The topological polar surface area (TPSA) is 55.7 Å². The lowest BCUT2D eigenvalue weighted by Gasteiger charge is -2.19. The molecule has 4 rings (SSSR count). The Labute approximate surface area is 157 Å². The molecule has 2 aromatic carbocycles. The molecule has 2 aliphatic rings. The van der Waals surface area contributed by atoms with Crippen molar-refractivity contribution in [3.63, 3.8) is 0 Å². The van der Waals surface area contributed by atoms with Crippen molar-refractivity contribution in [2.45, 2.75) is 6.92 Å². The number of carbonyl (C=O) groups excluding carboxylic acids is 2. The number of hydrogen-bond donors (Lipinski definition) is 0. The van der Waals surface area contributed by atoms with Gasteiger partial charge in [0.1, 0.15) is 6.61 Å². The van der Waals surface area contributed by atoms with E-state index in [-0.39, 0.29) is 17.5 Å². The lowest BCUT2D eigenvalue weighted by molar-refractivity contribution is -0.115. The number of nitrogens with zero attached hydrogens (tertiary/aromatic N) is 1. The molecule has 0 N–H and O–H groups in total. The van der Waals surface area contributed by atoms with E-state index in [1.807, 2.05) is 61.5 Å². The zero-order chi connectivity index (χ0) is 18.8. The van der Waals surface area contributed by atoms with Crippen LogP contribution in [0.3, 0.4) is 0 Å². The van der Waals surface area contributed by atoms with Gasteiger partial charge in [-0.05, 0) is 41.0 Å². The molecule has 0 fully saturated rings. The van der Waals surface area contributed by atoms with Gasteiger partial charge in [-0.2, -0.15) is 0 Å². The zero-order valence-corrected chi connectivity index (χ0v) is 15.0. The fourth-order valence-electron chi connectivity index (χ4n) is 3.37. The van der Waals surface area contributed by atoms with E-state index in [0.717, 1.165) is 16.3 Å². The van der Waals surface area contributed by atoms with Crippen LogP contribution in [0, 0.1) is 5.92 Å². The third-order valence-electron chi connectivity index (χ3n) is 4.84. The van der Waals surface area contributed by atoms with E-state index in [0.29, 0.717) is 24.3 Å². The molecular formula is C23H19NO3. The van der Waals surface area contributed by atoms with E-state index >= 15 is 0 Å². The van der Waals surface area contributed by atoms with Crippen LogP contribution in [0.15, 0.2) is 82.9 Å². The van der Waals surface area contributed by atoms with Gasteiger partial charge >= 0.3 is 0 Å². The second kappa shape index (κ2) is 7.16. The molecule has 4 nitrogen and oxygen atoms in total. The number of fused-ring (bicyclic) bond motifs is 1. The molecular weight excluding hydrogens is 338 g/mol. The maximum atomic E-state index is 12.9. The van der Waals surface area contributed by atoms with Crippen molar-refractivity contribution in [1.29, 1.82) is 0 Å². The monoisotopic (exact) mass is 357 g/mol. The molecule has 1 heterocycles. The summed E-state index contributed by atoms with van der Waals surface area (Å²) in [7, 11) is 0. The molecule has 0 spiro atoms. The van der Waals surface area contributed by atoms with Crippen LogP contribution in [-0.2, 0) is 9.53 Å². The van der Waals surface area contributed by atoms with Crippen LogP contribution in [0.1, 0.15) is 17.3 Å². The highest BCUT2D eigenvalue weighted by Gasteiger charge is 2.30. The first-order valence-electron chi connectivity index (χ1n) is 8.95. The van der Waals surface area contributed by atoms with Crippen LogP contribution < -0.4 is 0 Å². The van der Waals surface area contributed by atoms with Crippen molar-refractivity contribution in [2.24, 2.45) is 10.9 Å². The summed E-state index contributed by atoms with van der Waals surface area (Å²) in [6, 6.07) is 13.6. The van der Waals surface area contributed by atoms with E-state index in [1.165, 1.54) is 0 Å². The normalized spacial score (nSPS) is 20.3. The summed E-state index contributed by atoms with van der Waals surface area (Å²) in [5, 5.41) is 2.10. The molecule has 0 saturated heterocycles. The molecule has 2 aromatic rings. The highest BCUT2D eigenvalue weighted by Crippen LogP contribution is 2.28. The number of allylic oxidation sites excluding steroid dienone is 6. The molecule has 1 unspecified atom stereocenters. The van der Waals surface area contributed by atoms with Crippen molar-refractivity contribution < 1.29 is 14.3 Å². The van der Waals surface area contributed by atoms with Gasteiger partial charge in [-0.3, -0.25) is 9.59 Å². The number of aliphatic imine (C=N–C) groups is 1. The third kappa shape index (κ3) is 3.38. The second-order valence-corrected chi connectivity index (χ2v) is 6.64. The summed E-state index contributed by atoms with van der Waals surface area (Å²) in [6.07, 6.45) is 7.10. The van der Waals surface area contributed by atoms with Crippen LogP contribution in [0.4, 0.5) is 0 Å². The largest absolute Gasteiger partial charge is 0.473 e. The van der Waals surface area contributed by atoms with Gasteiger partial charge < -0.3 is 4.74 Å². The van der Waals surface area contributed by atoms with Crippen LogP contribution in [0.5, 0.6) is 0 Å². The number of ether oxygens (including phenoxy) is 1. The third-order valence-corrected chi connectivity index (χ3v) is 4.84.